The maximum atomic E-state index is 11.5. The number of hydrogen-bond acceptors (Lipinski definition) is 4. The Labute approximate surface area is 110 Å². The summed E-state index contributed by atoms with van der Waals surface area (Å²) in [5.74, 6) is -2.63. The van der Waals surface area contributed by atoms with Crippen molar-refractivity contribution in [1.82, 2.24) is 5.32 Å². The van der Waals surface area contributed by atoms with Gasteiger partial charge in [-0.2, -0.15) is 0 Å². The van der Waals surface area contributed by atoms with Gasteiger partial charge in [-0.25, -0.2) is 4.79 Å². The number of carboxylic acids is 2. The van der Waals surface area contributed by atoms with Gasteiger partial charge in [0.2, 0.25) is 5.91 Å². The Balaban J connectivity index is 2.36. The quantitative estimate of drug-likeness (QED) is 0.449. The molecule has 1 fully saturated rings. The van der Waals surface area contributed by atoms with Gasteiger partial charge in [-0.3, -0.25) is 9.59 Å². The first-order valence-corrected chi connectivity index (χ1v) is 5.99. The molecule has 0 aromatic carbocycles. The molecule has 7 nitrogen and oxygen atoms in total. The van der Waals surface area contributed by atoms with Crippen molar-refractivity contribution >= 4 is 17.8 Å². The van der Waals surface area contributed by atoms with Crippen LogP contribution in [0.3, 0.4) is 0 Å². The van der Waals surface area contributed by atoms with Crippen molar-refractivity contribution in [1.29, 1.82) is 0 Å². The van der Waals surface area contributed by atoms with E-state index in [2.05, 4.69) is 11.9 Å². The summed E-state index contributed by atoms with van der Waals surface area (Å²) >= 11 is 0. The van der Waals surface area contributed by atoms with Gasteiger partial charge >= 0.3 is 11.9 Å². The lowest BCUT2D eigenvalue weighted by Gasteiger charge is -2.14. The van der Waals surface area contributed by atoms with Crippen LogP contribution in [0.15, 0.2) is 12.2 Å². The maximum Gasteiger partial charge on any atom is 0.326 e. The standard InChI is InChI=1S/C12H18N2O5/c1-6-4-7(6)5-9(12(18)19)14-10(15)3-2-8(13)11(16)17/h7-9H,1-5,13H2,(H,14,15)(H,16,17)(H,18,19)/t7-,8+,9+/m1/s1. The van der Waals surface area contributed by atoms with Crippen molar-refractivity contribution in [2.75, 3.05) is 0 Å². The van der Waals surface area contributed by atoms with Crippen molar-refractivity contribution in [3.8, 4) is 0 Å². The molecule has 7 heteroatoms. The molecular formula is C12H18N2O5. The van der Waals surface area contributed by atoms with Crippen molar-refractivity contribution in [3.05, 3.63) is 12.2 Å². The fourth-order valence-electron chi connectivity index (χ4n) is 1.69. The molecule has 0 radical (unpaired) electrons. The lowest BCUT2D eigenvalue weighted by atomic mass is 10.1. The Kier molecular flexibility index (Phi) is 5.05. The molecule has 1 aliphatic rings. The van der Waals surface area contributed by atoms with Crippen LogP contribution < -0.4 is 11.1 Å². The summed E-state index contributed by atoms with van der Waals surface area (Å²) in [6.07, 6.45) is 0.987. The first kappa shape index (κ1) is 15.2. The van der Waals surface area contributed by atoms with Crippen molar-refractivity contribution < 1.29 is 24.6 Å². The summed E-state index contributed by atoms with van der Waals surface area (Å²) in [5.41, 5.74) is 6.25. The van der Waals surface area contributed by atoms with E-state index in [9.17, 15) is 14.4 Å². The van der Waals surface area contributed by atoms with E-state index < -0.39 is 29.9 Å². The lowest BCUT2D eigenvalue weighted by Crippen LogP contribution is -2.42. The maximum absolute atomic E-state index is 11.5. The van der Waals surface area contributed by atoms with Gasteiger partial charge in [0.15, 0.2) is 0 Å². The fraction of sp³-hybridized carbons (Fsp3) is 0.583. The van der Waals surface area contributed by atoms with Crippen LogP contribution in [0.2, 0.25) is 0 Å². The van der Waals surface area contributed by atoms with E-state index in [0.29, 0.717) is 6.42 Å². The Morgan fingerprint density at radius 1 is 1.37 bits per heavy atom. The SMILES string of the molecule is C=C1C[C@@H]1C[C@H](NC(=O)CC[C@H](N)C(=O)O)C(=O)O. The normalized spacial score (nSPS) is 20.5. The molecule has 3 atom stereocenters. The van der Waals surface area contributed by atoms with Crippen LogP contribution in [0.5, 0.6) is 0 Å². The smallest absolute Gasteiger partial charge is 0.326 e. The third-order valence-electron chi connectivity index (χ3n) is 3.08. The number of carboxylic acid groups (broad SMARTS) is 2. The average molecular weight is 270 g/mol. The number of carbonyl (C=O) groups excluding carboxylic acids is 1. The topological polar surface area (TPSA) is 130 Å². The zero-order valence-electron chi connectivity index (χ0n) is 10.5. The molecule has 1 amide bonds. The molecule has 0 spiro atoms. The molecule has 0 bridgehead atoms. The fourth-order valence-corrected chi connectivity index (χ4v) is 1.69. The van der Waals surface area contributed by atoms with Crippen LogP contribution in [-0.2, 0) is 14.4 Å². The second-order valence-corrected chi connectivity index (χ2v) is 4.74. The summed E-state index contributed by atoms with van der Waals surface area (Å²) < 4.78 is 0. The Morgan fingerprint density at radius 2 is 1.95 bits per heavy atom. The van der Waals surface area contributed by atoms with E-state index in [1.165, 1.54) is 0 Å². The molecule has 19 heavy (non-hydrogen) atoms. The Hall–Kier alpha value is -1.89. The predicted octanol–water partition coefficient (Wildman–Crippen LogP) is -0.286. The van der Waals surface area contributed by atoms with Gasteiger partial charge in [-0.15, -0.1) is 0 Å². The van der Waals surface area contributed by atoms with E-state index in [4.69, 9.17) is 15.9 Å². The highest BCUT2D eigenvalue weighted by Crippen LogP contribution is 2.39. The summed E-state index contributed by atoms with van der Waals surface area (Å²) in [5, 5.41) is 19.9. The van der Waals surface area contributed by atoms with Crippen LogP contribution in [-0.4, -0.2) is 40.1 Å². The van der Waals surface area contributed by atoms with Gasteiger partial charge in [-0.05, 0) is 25.2 Å². The largest absolute Gasteiger partial charge is 0.480 e. The molecule has 1 rings (SSSR count). The molecule has 0 aromatic heterocycles. The van der Waals surface area contributed by atoms with Gasteiger partial charge in [-0.1, -0.05) is 12.2 Å². The van der Waals surface area contributed by atoms with Gasteiger partial charge in [0.1, 0.15) is 12.1 Å². The molecule has 106 valence electrons. The molecule has 1 saturated carbocycles. The molecule has 0 unspecified atom stereocenters. The third-order valence-corrected chi connectivity index (χ3v) is 3.08. The van der Waals surface area contributed by atoms with E-state index in [-0.39, 0.29) is 18.8 Å². The van der Waals surface area contributed by atoms with Crippen LogP contribution >= 0.6 is 0 Å². The Morgan fingerprint density at radius 3 is 2.37 bits per heavy atom. The van der Waals surface area contributed by atoms with Crippen LogP contribution in [0.1, 0.15) is 25.7 Å². The number of aliphatic carboxylic acids is 2. The molecule has 0 aliphatic heterocycles. The number of allylic oxidation sites excluding steroid dienone is 1. The number of carbonyl (C=O) groups is 3. The van der Waals surface area contributed by atoms with Crippen LogP contribution in [0, 0.1) is 5.92 Å². The van der Waals surface area contributed by atoms with Crippen LogP contribution in [0.25, 0.3) is 0 Å². The molecular weight excluding hydrogens is 252 g/mol. The van der Waals surface area contributed by atoms with E-state index in [0.717, 1.165) is 12.0 Å². The zero-order valence-corrected chi connectivity index (χ0v) is 10.5. The second-order valence-electron chi connectivity index (χ2n) is 4.74. The minimum absolute atomic E-state index is 0.0242. The van der Waals surface area contributed by atoms with E-state index in [1.807, 2.05) is 0 Å². The molecule has 1 aliphatic carbocycles. The van der Waals surface area contributed by atoms with Crippen LogP contribution in [0.4, 0.5) is 0 Å². The first-order valence-electron chi connectivity index (χ1n) is 5.99. The lowest BCUT2D eigenvalue weighted by molar-refractivity contribution is -0.142. The summed E-state index contributed by atoms with van der Waals surface area (Å²) in [6, 6.07) is -2.07. The highest BCUT2D eigenvalue weighted by molar-refractivity contribution is 5.84. The summed E-state index contributed by atoms with van der Waals surface area (Å²) in [4.78, 5) is 33.0. The number of nitrogens with two attached hydrogens (primary N) is 1. The minimum Gasteiger partial charge on any atom is -0.480 e. The molecule has 5 N–H and O–H groups in total. The number of hydrogen-bond donors (Lipinski definition) is 4. The van der Waals surface area contributed by atoms with Crippen molar-refractivity contribution in [3.63, 3.8) is 0 Å². The second kappa shape index (κ2) is 6.33. The minimum atomic E-state index is -1.18. The molecule has 0 saturated heterocycles. The van der Waals surface area contributed by atoms with Crippen molar-refractivity contribution in [2.24, 2.45) is 11.7 Å². The average Bonchev–Trinajstić information content (AvgIpc) is 3.00. The van der Waals surface area contributed by atoms with Gasteiger partial charge in [0.25, 0.3) is 0 Å². The third kappa shape index (κ3) is 5.09. The number of rotatable bonds is 8. The van der Waals surface area contributed by atoms with Gasteiger partial charge in [0, 0.05) is 6.42 Å². The monoisotopic (exact) mass is 270 g/mol. The molecule has 0 aromatic rings. The summed E-state index contributed by atoms with van der Waals surface area (Å²) in [7, 11) is 0. The van der Waals surface area contributed by atoms with Crippen molar-refractivity contribution in [2.45, 2.75) is 37.8 Å². The summed E-state index contributed by atoms with van der Waals surface area (Å²) in [6.45, 7) is 3.73. The first-order chi connectivity index (χ1) is 8.81. The molecule has 0 heterocycles. The number of nitrogens with one attached hydrogen (secondary N) is 1. The zero-order chi connectivity index (χ0) is 14.6. The van der Waals surface area contributed by atoms with E-state index in [1.54, 1.807) is 0 Å². The van der Waals surface area contributed by atoms with E-state index >= 15 is 0 Å². The Bertz CT molecular complexity index is 407. The van der Waals surface area contributed by atoms with Gasteiger partial charge in [0.05, 0.1) is 0 Å². The predicted molar refractivity (Wildman–Crippen MR) is 66.3 cm³/mol. The highest BCUT2D eigenvalue weighted by atomic mass is 16.4. The highest BCUT2D eigenvalue weighted by Gasteiger charge is 2.33. The van der Waals surface area contributed by atoms with Gasteiger partial charge < -0.3 is 21.3 Å². The number of amides is 1.